The fourth-order valence-corrected chi connectivity index (χ4v) is 9.10. The molecule has 4 aliphatic rings. The molecule has 278 valence electrons. The van der Waals surface area contributed by atoms with Gasteiger partial charge in [0.2, 0.25) is 15.9 Å². The van der Waals surface area contributed by atoms with Crippen molar-refractivity contribution in [3.63, 3.8) is 0 Å². The first-order valence-electron chi connectivity index (χ1n) is 17.9. The quantitative estimate of drug-likeness (QED) is 0.0384. The van der Waals surface area contributed by atoms with Crippen molar-refractivity contribution in [1.29, 1.82) is 0 Å². The molecule has 1 aliphatic heterocycles. The summed E-state index contributed by atoms with van der Waals surface area (Å²) >= 11 is 0. The molecule has 1 amide bonds. The molecule has 4 fully saturated rings. The average molecular weight is 719 g/mol. The maximum atomic E-state index is 13.9. The third kappa shape index (κ3) is 10.0. The normalized spacial score (nSPS) is 25.4. The number of ketones is 1. The van der Waals surface area contributed by atoms with Crippen LogP contribution in [0.3, 0.4) is 0 Å². The SMILES string of the molecule is CC(C)C[C@H](NC(=O)[C@H](CCCN=C(N)N[N+](=O)[O-])CC(=O)CCCCCNS(=O)(=O)c1ccccc1)B1O[C@@H]2C[C@H]3C[C@H](C3(C)C)[C@]2(C)O1. The van der Waals surface area contributed by atoms with Gasteiger partial charge in [0, 0.05) is 31.8 Å². The summed E-state index contributed by atoms with van der Waals surface area (Å²) in [5.41, 5.74) is 7.11. The van der Waals surface area contributed by atoms with E-state index in [0.29, 0.717) is 50.4 Å². The minimum atomic E-state index is -3.59. The first kappa shape index (κ1) is 39.7. The molecule has 2 bridgehead atoms. The van der Waals surface area contributed by atoms with Crippen molar-refractivity contribution in [2.75, 3.05) is 13.1 Å². The van der Waals surface area contributed by atoms with E-state index in [-0.39, 0.29) is 65.9 Å². The Morgan fingerprint density at radius 3 is 2.50 bits per heavy atom. The summed E-state index contributed by atoms with van der Waals surface area (Å²) in [6, 6.07) is 8.15. The van der Waals surface area contributed by atoms with Gasteiger partial charge in [-0.05, 0) is 87.2 Å². The number of nitrogens with one attached hydrogen (secondary N) is 3. The summed E-state index contributed by atoms with van der Waals surface area (Å²) < 4.78 is 40.7. The van der Waals surface area contributed by atoms with Crippen molar-refractivity contribution >= 4 is 34.8 Å². The van der Waals surface area contributed by atoms with E-state index in [9.17, 15) is 28.1 Å². The van der Waals surface area contributed by atoms with Crippen LogP contribution in [0.5, 0.6) is 0 Å². The molecule has 6 atom stereocenters. The Labute approximate surface area is 296 Å². The van der Waals surface area contributed by atoms with Crippen LogP contribution >= 0.6 is 0 Å². The van der Waals surface area contributed by atoms with Crippen LogP contribution in [0.2, 0.25) is 0 Å². The molecule has 3 saturated carbocycles. The van der Waals surface area contributed by atoms with Gasteiger partial charge in [-0.25, -0.2) is 28.2 Å². The average Bonchev–Trinajstić information content (AvgIpc) is 3.41. The molecule has 5 rings (SSSR count). The number of nitrogens with two attached hydrogens (primary N) is 1. The molecule has 0 spiro atoms. The summed E-state index contributed by atoms with van der Waals surface area (Å²) in [6.07, 6.45) is 5.43. The van der Waals surface area contributed by atoms with Crippen LogP contribution in [-0.2, 0) is 28.9 Å². The number of benzene rings is 1. The Kier molecular flexibility index (Phi) is 13.5. The molecule has 1 aromatic carbocycles. The zero-order valence-corrected chi connectivity index (χ0v) is 30.9. The highest BCUT2D eigenvalue weighted by atomic mass is 32.2. The van der Waals surface area contributed by atoms with Gasteiger partial charge < -0.3 is 20.4 Å². The van der Waals surface area contributed by atoms with Crippen molar-refractivity contribution in [1.82, 2.24) is 15.5 Å². The lowest BCUT2D eigenvalue weighted by atomic mass is 9.43. The van der Waals surface area contributed by atoms with Crippen LogP contribution in [0, 0.1) is 39.2 Å². The van der Waals surface area contributed by atoms with Gasteiger partial charge in [-0.1, -0.05) is 57.7 Å². The number of guanidine groups is 1. The minimum Gasteiger partial charge on any atom is -0.404 e. The number of unbranched alkanes of at least 4 members (excludes halogenated alkanes) is 2. The number of sulfonamides is 1. The molecule has 3 aliphatic carbocycles. The maximum Gasteiger partial charge on any atom is 0.481 e. The highest BCUT2D eigenvalue weighted by Crippen LogP contribution is 2.65. The van der Waals surface area contributed by atoms with E-state index in [1.165, 1.54) is 12.1 Å². The molecule has 0 radical (unpaired) electrons. The van der Waals surface area contributed by atoms with Gasteiger partial charge in [0.1, 0.15) is 5.78 Å². The highest BCUT2D eigenvalue weighted by Gasteiger charge is 2.68. The van der Waals surface area contributed by atoms with Crippen molar-refractivity contribution in [2.45, 2.75) is 121 Å². The minimum absolute atomic E-state index is 0.0257. The van der Waals surface area contributed by atoms with Gasteiger partial charge >= 0.3 is 7.12 Å². The van der Waals surface area contributed by atoms with Crippen LogP contribution in [0.25, 0.3) is 0 Å². The third-order valence-electron chi connectivity index (χ3n) is 10.9. The van der Waals surface area contributed by atoms with E-state index in [1.807, 2.05) is 0 Å². The van der Waals surface area contributed by atoms with Gasteiger partial charge in [0.15, 0.2) is 5.03 Å². The number of nitrogens with zero attached hydrogens (tertiary/aromatic N) is 2. The zero-order chi connectivity index (χ0) is 36.7. The Morgan fingerprint density at radius 2 is 1.84 bits per heavy atom. The zero-order valence-electron chi connectivity index (χ0n) is 30.1. The van der Waals surface area contributed by atoms with Gasteiger partial charge in [0.05, 0.1) is 22.5 Å². The predicted octanol–water partition coefficient (Wildman–Crippen LogP) is 3.78. The smallest absolute Gasteiger partial charge is 0.404 e. The molecule has 14 nitrogen and oxygen atoms in total. The largest absolute Gasteiger partial charge is 0.481 e. The van der Waals surface area contributed by atoms with Crippen LogP contribution in [0.4, 0.5) is 0 Å². The second-order valence-electron chi connectivity index (χ2n) is 15.3. The number of rotatable bonds is 20. The number of carbonyl (C=O) groups is 2. The summed E-state index contributed by atoms with van der Waals surface area (Å²) in [6.45, 7) is 11.3. The van der Waals surface area contributed by atoms with Crippen LogP contribution in [-0.4, -0.2) is 69.0 Å². The first-order chi connectivity index (χ1) is 23.5. The van der Waals surface area contributed by atoms with Gasteiger partial charge in [-0.2, -0.15) is 0 Å². The van der Waals surface area contributed by atoms with Gasteiger partial charge in [-0.3, -0.25) is 9.59 Å². The number of nitro groups is 1. The number of hydrazine groups is 1. The lowest BCUT2D eigenvalue weighted by Crippen LogP contribution is -2.65. The van der Waals surface area contributed by atoms with E-state index in [1.54, 1.807) is 23.6 Å². The molecule has 1 heterocycles. The van der Waals surface area contributed by atoms with Gasteiger partial charge in [-0.15, -0.1) is 0 Å². The Hall–Kier alpha value is -3.08. The molecule has 50 heavy (non-hydrogen) atoms. The van der Waals surface area contributed by atoms with Crippen molar-refractivity contribution in [3.8, 4) is 0 Å². The molecule has 1 aromatic rings. The second kappa shape index (κ2) is 17.0. The Bertz CT molecular complexity index is 1480. The molecule has 5 N–H and O–H groups in total. The Morgan fingerprint density at radius 1 is 1.12 bits per heavy atom. The summed E-state index contributed by atoms with van der Waals surface area (Å²) in [5, 5.41) is 13.0. The Balaban J connectivity index is 1.33. The topological polar surface area (TPSA) is 204 Å². The van der Waals surface area contributed by atoms with Crippen molar-refractivity contribution < 1.29 is 32.3 Å². The van der Waals surface area contributed by atoms with Crippen molar-refractivity contribution in [2.24, 2.45) is 39.8 Å². The van der Waals surface area contributed by atoms with E-state index >= 15 is 0 Å². The van der Waals surface area contributed by atoms with Gasteiger partial charge in [0.25, 0.3) is 5.96 Å². The number of aliphatic imine (C=N–C) groups is 1. The number of hydrogen-bond acceptors (Lipinski definition) is 9. The number of carbonyl (C=O) groups excluding carboxylic acids is 2. The fraction of sp³-hybridized carbons (Fsp3) is 0.735. The van der Waals surface area contributed by atoms with Crippen LogP contribution in [0.15, 0.2) is 40.2 Å². The molecule has 0 aromatic heterocycles. The van der Waals surface area contributed by atoms with Crippen molar-refractivity contribution in [3.05, 3.63) is 40.4 Å². The van der Waals surface area contributed by atoms with E-state index in [4.69, 9.17) is 15.0 Å². The van der Waals surface area contributed by atoms with E-state index in [0.717, 1.165) is 12.8 Å². The summed E-state index contributed by atoms with van der Waals surface area (Å²) in [5.74, 6) is -0.498. The lowest BCUT2D eigenvalue weighted by molar-refractivity contribution is -0.525. The number of amides is 1. The number of hydrogen-bond donors (Lipinski definition) is 4. The standard InChI is InChI=1S/C34H55BN6O8S/c1-23(2)19-30(35-48-29-22-25-21-28(33(25,3)4)34(29,5)49-35)39-31(43)24(13-12-17-37-32(36)40-41(44)45)20-26(42)14-8-7-11-18-38-50(46,47)27-15-9-6-10-16-27/h6,9-10,15-16,23-25,28-30,38H,7-8,11-14,17-22H2,1-5H3,(H,39,43)(H3,36,37,40)/t24-,25-,28-,29-,30+,34+/m1/s1. The monoisotopic (exact) mass is 718 g/mol. The highest BCUT2D eigenvalue weighted by molar-refractivity contribution is 7.89. The molecule has 16 heteroatoms. The maximum absolute atomic E-state index is 13.9. The first-order valence-corrected chi connectivity index (χ1v) is 19.4. The van der Waals surface area contributed by atoms with E-state index < -0.39 is 39.6 Å². The predicted molar refractivity (Wildman–Crippen MR) is 191 cm³/mol. The molecular formula is C34H55BN6O8S. The summed E-state index contributed by atoms with van der Waals surface area (Å²) in [4.78, 5) is 41.9. The lowest BCUT2D eigenvalue weighted by Gasteiger charge is -2.64. The molecule has 1 saturated heterocycles. The second-order valence-corrected chi connectivity index (χ2v) is 17.1. The van der Waals surface area contributed by atoms with Crippen LogP contribution < -0.4 is 21.2 Å². The molecular weight excluding hydrogens is 663 g/mol. The summed E-state index contributed by atoms with van der Waals surface area (Å²) in [7, 11) is -4.18. The number of Topliss-reactive ketones (excluding diaryl/α,β-unsaturated/α-hetero) is 1. The fourth-order valence-electron chi connectivity index (χ4n) is 8.00. The third-order valence-corrected chi connectivity index (χ3v) is 12.3. The van der Waals surface area contributed by atoms with Crippen LogP contribution in [0.1, 0.15) is 98.8 Å². The molecule has 0 unspecified atom stereocenters. The van der Waals surface area contributed by atoms with E-state index in [2.05, 4.69) is 49.6 Å².